The Morgan fingerprint density at radius 3 is 2.35 bits per heavy atom. The van der Waals surface area contributed by atoms with Crippen molar-refractivity contribution in [3.63, 3.8) is 0 Å². The van der Waals surface area contributed by atoms with Crippen LogP contribution in [-0.2, 0) is 21.3 Å². The van der Waals surface area contributed by atoms with E-state index in [1.807, 2.05) is 0 Å². The second-order valence-electron chi connectivity index (χ2n) is 6.71. The van der Waals surface area contributed by atoms with Gasteiger partial charge in [0.25, 0.3) is 0 Å². The summed E-state index contributed by atoms with van der Waals surface area (Å²) in [6.07, 6.45) is 0. The fraction of sp³-hybridized carbons (Fsp3) is 0.588. The number of carbonyl (C=O) groups is 1. The van der Waals surface area contributed by atoms with Gasteiger partial charge in [0.1, 0.15) is 0 Å². The van der Waals surface area contributed by atoms with Crippen molar-refractivity contribution >= 4 is 16.1 Å². The highest BCUT2D eigenvalue weighted by atomic mass is 32.2. The summed E-state index contributed by atoms with van der Waals surface area (Å²) in [5.74, 6) is 0.416. The summed E-state index contributed by atoms with van der Waals surface area (Å²) in [6, 6.07) is 6.13. The molecular weight excluding hydrogens is 356 g/mol. The highest BCUT2D eigenvalue weighted by Gasteiger charge is 2.24. The van der Waals surface area contributed by atoms with Gasteiger partial charge in [-0.25, -0.2) is 18.4 Å². The minimum Gasteiger partial charge on any atom is -0.379 e. The third-order valence-electron chi connectivity index (χ3n) is 4.46. The molecule has 1 atom stereocenters. The molecule has 9 heteroatoms. The number of nitrogens with two attached hydrogens (primary N) is 1. The quantitative estimate of drug-likeness (QED) is 0.633. The first-order valence-corrected chi connectivity index (χ1v) is 10.3. The molecule has 0 saturated carbocycles. The predicted octanol–water partition coefficient (Wildman–Crippen LogP) is 0.490. The van der Waals surface area contributed by atoms with Crippen molar-refractivity contribution in [2.45, 2.75) is 31.3 Å². The Kier molecular flexibility index (Phi) is 7.39. The number of hydrogen-bond donors (Lipinski definition) is 3. The van der Waals surface area contributed by atoms with Crippen molar-refractivity contribution in [2.75, 3.05) is 32.8 Å². The lowest BCUT2D eigenvalue weighted by molar-refractivity contribution is 0.00719. The van der Waals surface area contributed by atoms with Crippen LogP contribution in [0.2, 0.25) is 0 Å². The van der Waals surface area contributed by atoms with Crippen LogP contribution in [0.5, 0.6) is 0 Å². The van der Waals surface area contributed by atoms with Crippen LogP contribution >= 0.6 is 0 Å². The number of ether oxygens (including phenoxy) is 1. The molecule has 2 rings (SSSR count). The molecule has 0 radical (unpaired) electrons. The van der Waals surface area contributed by atoms with Gasteiger partial charge >= 0.3 is 6.03 Å². The van der Waals surface area contributed by atoms with E-state index in [4.69, 9.17) is 9.88 Å². The molecule has 1 saturated heterocycles. The summed E-state index contributed by atoms with van der Waals surface area (Å²) in [7, 11) is -3.70. The maximum atomic E-state index is 12.1. The van der Waals surface area contributed by atoms with Crippen molar-refractivity contribution in [1.82, 2.24) is 15.5 Å². The first-order valence-electron chi connectivity index (χ1n) is 8.72. The Labute approximate surface area is 155 Å². The van der Waals surface area contributed by atoms with E-state index in [0.717, 1.165) is 31.9 Å². The van der Waals surface area contributed by atoms with E-state index in [-0.39, 0.29) is 17.0 Å². The molecule has 1 fully saturated rings. The second kappa shape index (κ2) is 9.31. The molecule has 8 nitrogen and oxygen atoms in total. The average molecular weight is 385 g/mol. The van der Waals surface area contributed by atoms with Gasteiger partial charge in [0.2, 0.25) is 10.0 Å². The molecule has 146 valence electrons. The van der Waals surface area contributed by atoms with Gasteiger partial charge in [-0.1, -0.05) is 26.0 Å². The zero-order valence-corrected chi connectivity index (χ0v) is 16.1. The standard InChI is InChI=1S/C17H28N4O4S/c1-13(2)16(21-7-9-25-10-8-21)12-20-17(22)19-11-14-3-5-15(6-4-14)26(18,23)24/h3-6,13,16H,7-12H2,1-2H3,(H2,18,23,24)(H2,19,20,22). The summed E-state index contributed by atoms with van der Waals surface area (Å²) in [5.41, 5.74) is 0.793. The summed E-state index contributed by atoms with van der Waals surface area (Å²) in [6.45, 7) is 8.37. The van der Waals surface area contributed by atoms with Gasteiger partial charge in [-0.2, -0.15) is 0 Å². The smallest absolute Gasteiger partial charge is 0.315 e. The van der Waals surface area contributed by atoms with Crippen molar-refractivity contribution in [2.24, 2.45) is 11.1 Å². The summed E-state index contributed by atoms with van der Waals surface area (Å²) < 4.78 is 27.8. The van der Waals surface area contributed by atoms with Gasteiger partial charge in [0.15, 0.2) is 0 Å². The number of nitrogens with zero attached hydrogens (tertiary/aromatic N) is 1. The number of morpholine rings is 1. The van der Waals surface area contributed by atoms with Crippen LogP contribution < -0.4 is 15.8 Å². The first-order chi connectivity index (χ1) is 12.3. The molecule has 0 spiro atoms. The lowest BCUT2D eigenvalue weighted by Gasteiger charge is -2.36. The van der Waals surface area contributed by atoms with Crippen LogP contribution in [0.4, 0.5) is 4.79 Å². The number of rotatable bonds is 7. The number of sulfonamides is 1. The largest absolute Gasteiger partial charge is 0.379 e. The number of amides is 2. The topological polar surface area (TPSA) is 114 Å². The van der Waals surface area contributed by atoms with Gasteiger partial charge in [0, 0.05) is 32.2 Å². The van der Waals surface area contributed by atoms with Gasteiger partial charge in [0.05, 0.1) is 18.1 Å². The van der Waals surface area contributed by atoms with Crippen LogP contribution in [0.25, 0.3) is 0 Å². The van der Waals surface area contributed by atoms with Crippen LogP contribution in [0.3, 0.4) is 0 Å². The van der Waals surface area contributed by atoms with Crippen LogP contribution in [-0.4, -0.2) is 58.2 Å². The van der Waals surface area contributed by atoms with Gasteiger partial charge in [-0.15, -0.1) is 0 Å². The van der Waals surface area contributed by atoms with Crippen LogP contribution in [0, 0.1) is 5.92 Å². The Morgan fingerprint density at radius 1 is 1.19 bits per heavy atom. The molecule has 1 aromatic rings. The Bertz CT molecular complexity index is 685. The lowest BCUT2D eigenvalue weighted by Crippen LogP contribution is -2.52. The van der Waals surface area contributed by atoms with E-state index in [9.17, 15) is 13.2 Å². The van der Waals surface area contributed by atoms with Crippen molar-refractivity contribution < 1.29 is 17.9 Å². The maximum absolute atomic E-state index is 12.1. The van der Waals surface area contributed by atoms with Gasteiger partial charge in [-0.3, -0.25) is 4.90 Å². The number of benzene rings is 1. The highest BCUT2D eigenvalue weighted by Crippen LogP contribution is 2.12. The average Bonchev–Trinajstić information content (AvgIpc) is 2.60. The molecule has 1 heterocycles. The van der Waals surface area contributed by atoms with Crippen molar-refractivity contribution in [3.8, 4) is 0 Å². The minimum absolute atomic E-state index is 0.0518. The number of nitrogens with one attached hydrogen (secondary N) is 2. The number of hydrogen-bond acceptors (Lipinski definition) is 5. The van der Waals surface area contributed by atoms with Gasteiger partial charge < -0.3 is 15.4 Å². The summed E-state index contributed by atoms with van der Waals surface area (Å²) >= 11 is 0. The maximum Gasteiger partial charge on any atom is 0.315 e. The molecule has 4 N–H and O–H groups in total. The number of primary sulfonamides is 1. The normalized spacial score (nSPS) is 17.1. The van der Waals surface area contributed by atoms with E-state index in [1.165, 1.54) is 12.1 Å². The van der Waals surface area contributed by atoms with E-state index >= 15 is 0 Å². The molecule has 0 aliphatic carbocycles. The Hall–Kier alpha value is -1.68. The number of carbonyl (C=O) groups excluding carboxylic acids is 1. The molecule has 1 aliphatic rings. The fourth-order valence-electron chi connectivity index (χ4n) is 2.93. The minimum atomic E-state index is -3.70. The molecule has 1 aromatic carbocycles. The molecule has 2 amide bonds. The molecule has 26 heavy (non-hydrogen) atoms. The van der Waals surface area contributed by atoms with E-state index in [2.05, 4.69) is 29.4 Å². The molecule has 0 bridgehead atoms. The predicted molar refractivity (Wildman–Crippen MR) is 99.1 cm³/mol. The first kappa shape index (κ1) is 20.6. The zero-order valence-electron chi connectivity index (χ0n) is 15.3. The third kappa shape index (κ3) is 6.24. The SMILES string of the molecule is CC(C)C(CNC(=O)NCc1ccc(S(N)(=O)=O)cc1)N1CCOCC1. The third-order valence-corrected chi connectivity index (χ3v) is 5.39. The second-order valence-corrected chi connectivity index (χ2v) is 8.27. The van der Waals surface area contributed by atoms with Crippen molar-refractivity contribution in [1.29, 1.82) is 0 Å². The highest BCUT2D eigenvalue weighted by molar-refractivity contribution is 7.89. The monoisotopic (exact) mass is 384 g/mol. The summed E-state index contributed by atoms with van der Waals surface area (Å²) in [5, 5.41) is 10.8. The Balaban J connectivity index is 1.80. The summed E-state index contributed by atoms with van der Waals surface area (Å²) in [4.78, 5) is 14.5. The Morgan fingerprint density at radius 2 is 1.81 bits per heavy atom. The number of urea groups is 1. The van der Waals surface area contributed by atoms with Gasteiger partial charge in [-0.05, 0) is 23.6 Å². The molecule has 0 aromatic heterocycles. The zero-order chi connectivity index (χ0) is 19.2. The van der Waals surface area contributed by atoms with Crippen molar-refractivity contribution in [3.05, 3.63) is 29.8 Å². The molecule has 1 aliphatic heterocycles. The molecular formula is C17H28N4O4S. The fourth-order valence-corrected chi connectivity index (χ4v) is 3.45. The van der Waals surface area contributed by atoms with E-state index in [0.29, 0.717) is 19.0 Å². The van der Waals surface area contributed by atoms with E-state index < -0.39 is 10.0 Å². The van der Waals surface area contributed by atoms with Crippen LogP contribution in [0.1, 0.15) is 19.4 Å². The molecule has 1 unspecified atom stereocenters. The lowest BCUT2D eigenvalue weighted by atomic mass is 10.0. The van der Waals surface area contributed by atoms with E-state index in [1.54, 1.807) is 12.1 Å². The van der Waals surface area contributed by atoms with Crippen LogP contribution in [0.15, 0.2) is 29.2 Å².